The maximum Gasteiger partial charge on any atom is 0.276 e. The van der Waals surface area contributed by atoms with Crippen molar-refractivity contribution in [3.05, 3.63) is 40.9 Å². The standard InChI is InChI=1S/C14H14ClN5O/c1-3-11-16-7-9(17-11)13(21)19-14-18-12-8(15)5-4-6-10(12)20(14)2/h4-7H,3H2,1-2H3,(H,16,17)(H,18,19,21). The van der Waals surface area contributed by atoms with Crippen LogP contribution in [0.25, 0.3) is 11.0 Å². The lowest BCUT2D eigenvalue weighted by Gasteiger charge is -2.03. The number of aryl methyl sites for hydroxylation is 2. The number of aromatic nitrogens is 4. The minimum atomic E-state index is -0.281. The molecule has 2 aromatic heterocycles. The van der Waals surface area contributed by atoms with E-state index in [9.17, 15) is 4.79 Å². The number of carbonyl (C=O) groups is 1. The molecule has 0 saturated carbocycles. The first-order chi connectivity index (χ1) is 10.1. The molecule has 0 aliphatic heterocycles. The average molecular weight is 304 g/mol. The van der Waals surface area contributed by atoms with Crippen molar-refractivity contribution in [1.29, 1.82) is 0 Å². The molecular weight excluding hydrogens is 290 g/mol. The van der Waals surface area contributed by atoms with E-state index in [1.54, 1.807) is 10.6 Å². The Morgan fingerprint density at radius 1 is 1.48 bits per heavy atom. The van der Waals surface area contributed by atoms with E-state index < -0.39 is 0 Å². The molecule has 1 aromatic carbocycles. The van der Waals surface area contributed by atoms with Gasteiger partial charge >= 0.3 is 0 Å². The van der Waals surface area contributed by atoms with Gasteiger partial charge in [0.2, 0.25) is 5.95 Å². The Morgan fingerprint density at radius 3 is 2.95 bits per heavy atom. The fourth-order valence-corrected chi connectivity index (χ4v) is 2.33. The predicted molar refractivity (Wildman–Crippen MR) is 81.6 cm³/mol. The second kappa shape index (κ2) is 5.21. The van der Waals surface area contributed by atoms with E-state index in [1.807, 2.05) is 26.1 Å². The van der Waals surface area contributed by atoms with Crippen molar-refractivity contribution in [1.82, 2.24) is 19.5 Å². The monoisotopic (exact) mass is 303 g/mol. The summed E-state index contributed by atoms with van der Waals surface area (Å²) in [6, 6.07) is 5.51. The number of carbonyl (C=O) groups excluding carboxylic acids is 1. The maximum absolute atomic E-state index is 12.2. The Bertz CT molecular complexity index is 820. The van der Waals surface area contributed by atoms with Crippen LogP contribution in [0.15, 0.2) is 24.4 Å². The van der Waals surface area contributed by atoms with Crippen LogP contribution in [-0.4, -0.2) is 25.4 Å². The van der Waals surface area contributed by atoms with Crippen molar-refractivity contribution < 1.29 is 4.79 Å². The number of hydrogen-bond acceptors (Lipinski definition) is 3. The number of benzene rings is 1. The van der Waals surface area contributed by atoms with E-state index >= 15 is 0 Å². The van der Waals surface area contributed by atoms with Crippen molar-refractivity contribution in [2.75, 3.05) is 5.32 Å². The number of nitrogens with one attached hydrogen (secondary N) is 2. The maximum atomic E-state index is 12.2. The zero-order chi connectivity index (χ0) is 15.0. The zero-order valence-electron chi connectivity index (χ0n) is 11.6. The number of halogens is 1. The highest BCUT2D eigenvalue weighted by Gasteiger charge is 2.15. The van der Waals surface area contributed by atoms with Gasteiger partial charge in [-0.25, -0.2) is 9.97 Å². The number of hydrogen-bond donors (Lipinski definition) is 2. The molecule has 108 valence electrons. The summed E-state index contributed by atoms with van der Waals surface area (Å²) in [5.41, 5.74) is 1.93. The Morgan fingerprint density at radius 2 is 2.29 bits per heavy atom. The molecule has 3 aromatic rings. The number of rotatable bonds is 3. The Hall–Kier alpha value is -2.34. The number of anilines is 1. The lowest BCUT2D eigenvalue weighted by atomic mass is 10.3. The van der Waals surface area contributed by atoms with E-state index in [0.717, 1.165) is 17.8 Å². The Balaban J connectivity index is 1.92. The van der Waals surface area contributed by atoms with Gasteiger partial charge in [-0.2, -0.15) is 0 Å². The molecule has 1 amide bonds. The number of imidazole rings is 2. The largest absolute Gasteiger partial charge is 0.338 e. The summed E-state index contributed by atoms with van der Waals surface area (Å²) in [5.74, 6) is 0.931. The van der Waals surface area contributed by atoms with E-state index in [1.165, 1.54) is 6.20 Å². The number of nitrogens with zero attached hydrogens (tertiary/aromatic N) is 3. The fourth-order valence-electron chi connectivity index (χ4n) is 2.12. The molecule has 3 rings (SSSR count). The number of fused-ring (bicyclic) bond motifs is 1. The van der Waals surface area contributed by atoms with Gasteiger partial charge < -0.3 is 9.55 Å². The van der Waals surface area contributed by atoms with Gasteiger partial charge in [0.25, 0.3) is 5.91 Å². The molecule has 0 saturated heterocycles. The average Bonchev–Trinajstić information content (AvgIpc) is 3.07. The smallest absolute Gasteiger partial charge is 0.276 e. The van der Waals surface area contributed by atoms with Crippen LogP contribution in [0.5, 0.6) is 0 Å². The lowest BCUT2D eigenvalue weighted by Crippen LogP contribution is -2.15. The highest BCUT2D eigenvalue weighted by atomic mass is 35.5. The minimum absolute atomic E-state index is 0.281. The minimum Gasteiger partial charge on any atom is -0.338 e. The molecule has 0 atom stereocenters. The quantitative estimate of drug-likeness (QED) is 0.781. The van der Waals surface area contributed by atoms with Crippen molar-refractivity contribution in [2.24, 2.45) is 7.05 Å². The van der Waals surface area contributed by atoms with Crippen LogP contribution in [0.3, 0.4) is 0 Å². The fraction of sp³-hybridized carbons (Fsp3) is 0.214. The van der Waals surface area contributed by atoms with E-state index in [0.29, 0.717) is 22.2 Å². The number of aromatic amines is 1. The van der Waals surface area contributed by atoms with Gasteiger partial charge in [0.15, 0.2) is 0 Å². The summed E-state index contributed by atoms with van der Waals surface area (Å²) in [6.45, 7) is 1.97. The molecular formula is C14H14ClN5O. The summed E-state index contributed by atoms with van der Waals surface area (Å²) < 4.78 is 1.79. The summed E-state index contributed by atoms with van der Waals surface area (Å²) in [6.07, 6.45) is 2.26. The SMILES string of the molecule is CCc1ncc(C(=O)Nc2nc3c(Cl)cccc3n2C)[nH]1. The molecule has 0 aliphatic carbocycles. The molecule has 0 spiro atoms. The zero-order valence-corrected chi connectivity index (χ0v) is 12.4. The van der Waals surface area contributed by atoms with Crippen molar-refractivity contribution in [2.45, 2.75) is 13.3 Å². The molecule has 0 aliphatic rings. The molecule has 0 unspecified atom stereocenters. The summed E-state index contributed by atoms with van der Waals surface area (Å²) in [7, 11) is 1.83. The van der Waals surface area contributed by atoms with Crippen LogP contribution in [0.1, 0.15) is 23.2 Å². The van der Waals surface area contributed by atoms with Crippen LogP contribution in [0.4, 0.5) is 5.95 Å². The van der Waals surface area contributed by atoms with Crippen LogP contribution in [0, 0.1) is 0 Å². The first kappa shape index (κ1) is 13.6. The van der Waals surface area contributed by atoms with Crippen LogP contribution >= 0.6 is 11.6 Å². The Labute approximate surface area is 126 Å². The van der Waals surface area contributed by atoms with E-state index in [4.69, 9.17) is 11.6 Å². The highest BCUT2D eigenvalue weighted by Crippen LogP contribution is 2.25. The van der Waals surface area contributed by atoms with Crippen LogP contribution in [-0.2, 0) is 13.5 Å². The molecule has 7 heteroatoms. The van der Waals surface area contributed by atoms with E-state index in [2.05, 4.69) is 20.3 Å². The summed E-state index contributed by atoms with van der Waals surface area (Å²) in [5, 5.41) is 3.32. The molecule has 2 heterocycles. The van der Waals surface area contributed by atoms with Crippen LogP contribution in [0.2, 0.25) is 5.02 Å². The van der Waals surface area contributed by atoms with Gasteiger partial charge in [-0.05, 0) is 12.1 Å². The second-order valence-electron chi connectivity index (χ2n) is 4.65. The molecule has 21 heavy (non-hydrogen) atoms. The molecule has 0 fully saturated rings. The van der Waals surface area contributed by atoms with Crippen LogP contribution < -0.4 is 5.32 Å². The topological polar surface area (TPSA) is 75.6 Å². The molecule has 0 radical (unpaired) electrons. The Kier molecular flexibility index (Phi) is 3.39. The third-order valence-electron chi connectivity index (χ3n) is 3.30. The summed E-state index contributed by atoms with van der Waals surface area (Å²) in [4.78, 5) is 23.6. The predicted octanol–water partition coefficient (Wildman–Crippen LogP) is 2.76. The number of amides is 1. The third kappa shape index (κ3) is 2.38. The summed E-state index contributed by atoms with van der Waals surface area (Å²) >= 11 is 6.11. The third-order valence-corrected chi connectivity index (χ3v) is 3.60. The van der Waals surface area contributed by atoms with Gasteiger partial charge in [0.05, 0.1) is 16.7 Å². The van der Waals surface area contributed by atoms with Gasteiger partial charge in [0, 0.05) is 13.5 Å². The van der Waals surface area contributed by atoms with Gasteiger partial charge in [-0.15, -0.1) is 0 Å². The first-order valence-electron chi connectivity index (χ1n) is 6.56. The van der Waals surface area contributed by atoms with Crippen molar-refractivity contribution >= 4 is 34.5 Å². The number of para-hydroxylation sites is 1. The van der Waals surface area contributed by atoms with Gasteiger partial charge in [0.1, 0.15) is 17.0 Å². The molecule has 2 N–H and O–H groups in total. The highest BCUT2D eigenvalue weighted by molar-refractivity contribution is 6.35. The van der Waals surface area contributed by atoms with E-state index in [-0.39, 0.29) is 5.91 Å². The second-order valence-corrected chi connectivity index (χ2v) is 5.06. The lowest BCUT2D eigenvalue weighted by molar-refractivity contribution is 0.102. The molecule has 0 bridgehead atoms. The molecule has 6 nitrogen and oxygen atoms in total. The van der Waals surface area contributed by atoms with Gasteiger partial charge in [-0.1, -0.05) is 24.6 Å². The van der Waals surface area contributed by atoms with Gasteiger partial charge in [-0.3, -0.25) is 10.1 Å². The van der Waals surface area contributed by atoms with Crippen molar-refractivity contribution in [3.8, 4) is 0 Å². The first-order valence-corrected chi connectivity index (χ1v) is 6.94. The van der Waals surface area contributed by atoms with Crippen molar-refractivity contribution in [3.63, 3.8) is 0 Å². The normalized spacial score (nSPS) is 11.0. The number of H-pyrrole nitrogens is 1.